The van der Waals surface area contributed by atoms with E-state index in [0.717, 1.165) is 17.7 Å². The molecule has 0 bridgehead atoms. The first-order chi connectivity index (χ1) is 12.9. The quantitative estimate of drug-likeness (QED) is 0.682. The lowest BCUT2D eigenvalue weighted by molar-refractivity contribution is -0.115. The fourth-order valence-corrected chi connectivity index (χ4v) is 3.40. The van der Waals surface area contributed by atoms with E-state index in [4.69, 9.17) is 0 Å². The Hall–Kier alpha value is -3.26. The van der Waals surface area contributed by atoms with Crippen LogP contribution in [0.15, 0.2) is 78.0 Å². The summed E-state index contributed by atoms with van der Waals surface area (Å²) in [5.74, 6) is -0.717. The van der Waals surface area contributed by atoms with Gasteiger partial charge in [-0.1, -0.05) is 12.1 Å². The maximum Gasteiger partial charge on any atom is 0.261 e. The zero-order valence-electron chi connectivity index (χ0n) is 14.1. The van der Waals surface area contributed by atoms with E-state index in [0.29, 0.717) is 11.4 Å². The van der Waals surface area contributed by atoms with Crippen LogP contribution in [0, 0.1) is 5.82 Å². The van der Waals surface area contributed by atoms with Gasteiger partial charge in [0.2, 0.25) is 5.91 Å². The largest absolute Gasteiger partial charge is 0.324 e. The number of halogens is 1. The highest BCUT2D eigenvalue weighted by Crippen LogP contribution is 2.17. The SMILES string of the molecule is O=C(Cc1ccc(NS(=O)(=O)c2ccc(F)cc2)cc1)Nc1cccnc1. The number of carbonyl (C=O) groups excluding carboxylic acids is 1. The number of aromatic nitrogens is 1. The number of sulfonamides is 1. The molecule has 1 heterocycles. The molecule has 138 valence electrons. The lowest BCUT2D eigenvalue weighted by atomic mass is 10.1. The highest BCUT2D eigenvalue weighted by molar-refractivity contribution is 7.92. The van der Waals surface area contributed by atoms with Gasteiger partial charge in [0.1, 0.15) is 5.82 Å². The third kappa shape index (κ3) is 5.11. The van der Waals surface area contributed by atoms with E-state index >= 15 is 0 Å². The molecule has 3 aromatic rings. The zero-order valence-corrected chi connectivity index (χ0v) is 14.9. The molecule has 0 atom stereocenters. The van der Waals surface area contributed by atoms with Gasteiger partial charge in [-0.3, -0.25) is 14.5 Å². The number of nitrogens with one attached hydrogen (secondary N) is 2. The van der Waals surface area contributed by atoms with E-state index in [1.165, 1.54) is 12.1 Å². The number of carbonyl (C=O) groups is 1. The van der Waals surface area contributed by atoms with Crippen molar-refractivity contribution in [3.63, 3.8) is 0 Å². The maximum atomic E-state index is 12.9. The van der Waals surface area contributed by atoms with Gasteiger partial charge in [0.15, 0.2) is 0 Å². The Bertz CT molecular complexity index is 1020. The Balaban J connectivity index is 1.63. The van der Waals surface area contributed by atoms with Gasteiger partial charge in [-0.25, -0.2) is 12.8 Å². The number of nitrogens with zero attached hydrogens (tertiary/aromatic N) is 1. The van der Waals surface area contributed by atoms with Gasteiger partial charge in [-0.2, -0.15) is 0 Å². The van der Waals surface area contributed by atoms with Crippen molar-refractivity contribution >= 4 is 27.3 Å². The van der Waals surface area contributed by atoms with Crippen molar-refractivity contribution in [2.75, 3.05) is 10.0 Å². The van der Waals surface area contributed by atoms with E-state index in [1.54, 1.807) is 48.8 Å². The summed E-state index contributed by atoms with van der Waals surface area (Å²) in [5.41, 5.74) is 1.67. The topological polar surface area (TPSA) is 88.2 Å². The van der Waals surface area contributed by atoms with E-state index in [2.05, 4.69) is 15.0 Å². The lowest BCUT2D eigenvalue weighted by Crippen LogP contribution is -2.15. The highest BCUT2D eigenvalue weighted by atomic mass is 32.2. The van der Waals surface area contributed by atoms with Gasteiger partial charge >= 0.3 is 0 Å². The number of anilines is 2. The van der Waals surface area contributed by atoms with Crippen LogP contribution in [0.2, 0.25) is 0 Å². The standard InChI is InChI=1S/C19H16FN3O3S/c20-15-5-9-18(10-6-15)27(25,26)23-16-7-3-14(4-8-16)12-19(24)22-17-2-1-11-21-13-17/h1-11,13,23H,12H2,(H,22,24). The fourth-order valence-electron chi connectivity index (χ4n) is 2.35. The molecule has 6 nitrogen and oxygen atoms in total. The Kier molecular flexibility index (Phi) is 5.46. The van der Waals surface area contributed by atoms with Crippen molar-refractivity contribution in [3.05, 3.63) is 84.4 Å². The second-order valence-corrected chi connectivity index (χ2v) is 7.41. The van der Waals surface area contributed by atoms with E-state index in [1.807, 2.05) is 0 Å². The zero-order chi connectivity index (χ0) is 19.3. The van der Waals surface area contributed by atoms with Crippen LogP contribution >= 0.6 is 0 Å². The van der Waals surface area contributed by atoms with Crippen molar-refractivity contribution in [3.8, 4) is 0 Å². The summed E-state index contributed by atoms with van der Waals surface area (Å²) in [5, 5.41) is 2.73. The number of rotatable bonds is 6. The summed E-state index contributed by atoms with van der Waals surface area (Å²) in [6.07, 6.45) is 3.30. The highest BCUT2D eigenvalue weighted by Gasteiger charge is 2.14. The van der Waals surface area contributed by atoms with Gasteiger partial charge in [0.05, 0.1) is 23.2 Å². The molecule has 0 saturated heterocycles. The first-order valence-electron chi connectivity index (χ1n) is 7.99. The number of hydrogen-bond donors (Lipinski definition) is 2. The Labute approximate surface area is 156 Å². The van der Waals surface area contributed by atoms with E-state index in [9.17, 15) is 17.6 Å². The third-order valence-corrected chi connectivity index (χ3v) is 5.04. The first kappa shape index (κ1) is 18.5. The van der Waals surface area contributed by atoms with Crippen LogP contribution in [-0.2, 0) is 21.2 Å². The van der Waals surface area contributed by atoms with Gasteiger partial charge in [-0.05, 0) is 54.1 Å². The molecule has 2 aromatic carbocycles. The minimum Gasteiger partial charge on any atom is -0.324 e. The summed E-state index contributed by atoms with van der Waals surface area (Å²) in [6, 6.07) is 14.4. The minimum absolute atomic E-state index is 0.0381. The van der Waals surface area contributed by atoms with Crippen LogP contribution in [0.25, 0.3) is 0 Å². The van der Waals surface area contributed by atoms with Gasteiger partial charge in [-0.15, -0.1) is 0 Å². The van der Waals surface area contributed by atoms with Gasteiger partial charge < -0.3 is 5.32 Å². The average molecular weight is 385 g/mol. The molecule has 0 radical (unpaired) electrons. The molecule has 0 aliphatic carbocycles. The molecule has 0 spiro atoms. The second kappa shape index (κ2) is 7.96. The van der Waals surface area contributed by atoms with E-state index in [-0.39, 0.29) is 17.2 Å². The minimum atomic E-state index is -3.81. The third-order valence-electron chi connectivity index (χ3n) is 3.64. The average Bonchev–Trinajstić information content (AvgIpc) is 2.64. The molecule has 8 heteroatoms. The summed E-state index contributed by atoms with van der Waals surface area (Å²) >= 11 is 0. The van der Waals surface area contributed by atoms with Crippen LogP contribution < -0.4 is 10.0 Å². The van der Waals surface area contributed by atoms with Crippen LogP contribution in [0.1, 0.15) is 5.56 Å². The molecule has 0 unspecified atom stereocenters. The Morgan fingerprint density at radius 2 is 1.67 bits per heavy atom. The molecule has 1 aromatic heterocycles. The number of benzene rings is 2. The molecular formula is C19H16FN3O3S. The number of pyridine rings is 1. The predicted octanol–water partition coefficient (Wildman–Crippen LogP) is 3.20. The molecule has 3 rings (SSSR count). The van der Waals surface area contributed by atoms with Crippen molar-refractivity contribution in [1.82, 2.24) is 4.98 Å². The van der Waals surface area contributed by atoms with Crippen molar-refractivity contribution in [1.29, 1.82) is 0 Å². The van der Waals surface area contributed by atoms with Crippen LogP contribution in [0.4, 0.5) is 15.8 Å². The first-order valence-corrected chi connectivity index (χ1v) is 9.48. The maximum absolute atomic E-state index is 12.9. The monoisotopic (exact) mass is 385 g/mol. The van der Waals surface area contributed by atoms with Gasteiger partial charge in [0.25, 0.3) is 10.0 Å². The molecule has 0 aliphatic rings. The molecule has 1 amide bonds. The van der Waals surface area contributed by atoms with E-state index < -0.39 is 15.8 Å². The fraction of sp³-hybridized carbons (Fsp3) is 0.0526. The summed E-state index contributed by atoms with van der Waals surface area (Å²) < 4.78 is 39.9. The normalized spacial score (nSPS) is 11.0. The molecule has 0 aliphatic heterocycles. The lowest BCUT2D eigenvalue weighted by Gasteiger charge is -2.09. The molecule has 0 fully saturated rings. The predicted molar refractivity (Wildman–Crippen MR) is 100 cm³/mol. The number of amides is 1. The Morgan fingerprint density at radius 1 is 0.963 bits per heavy atom. The molecule has 0 saturated carbocycles. The van der Waals surface area contributed by atoms with Crippen molar-refractivity contribution < 1.29 is 17.6 Å². The van der Waals surface area contributed by atoms with Crippen LogP contribution in [-0.4, -0.2) is 19.3 Å². The summed E-state index contributed by atoms with van der Waals surface area (Å²) in [7, 11) is -3.81. The van der Waals surface area contributed by atoms with Crippen LogP contribution in [0.5, 0.6) is 0 Å². The molecule has 2 N–H and O–H groups in total. The Morgan fingerprint density at radius 3 is 2.30 bits per heavy atom. The molecular weight excluding hydrogens is 369 g/mol. The van der Waals surface area contributed by atoms with Crippen molar-refractivity contribution in [2.45, 2.75) is 11.3 Å². The molecule has 27 heavy (non-hydrogen) atoms. The van der Waals surface area contributed by atoms with Crippen molar-refractivity contribution in [2.24, 2.45) is 0 Å². The number of hydrogen-bond acceptors (Lipinski definition) is 4. The van der Waals surface area contributed by atoms with Gasteiger partial charge in [0, 0.05) is 11.9 Å². The smallest absolute Gasteiger partial charge is 0.261 e. The second-order valence-electron chi connectivity index (χ2n) is 5.72. The summed E-state index contributed by atoms with van der Waals surface area (Å²) in [6.45, 7) is 0. The summed E-state index contributed by atoms with van der Waals surface area (Å²) in [4.78, 5) is 15.9. The van der Waals surface area contributed by atoms with Crippen LogP contribution in [0.3, 0.4) is 0 Å².